The highest BCUT2D eigenvalue weighted by atomic mass is 16.1. The van der Waals surface area contributed by atoms with E-state index in [0.717, 1.165) is 13.0 Å². The van der Waals surface area contributed by atoms with E-state index in [2.05, 4.69) is 17.4 Å². The average molecular weight is 203 g/mol. The summed E-state index contributed by atoms with van der Waals surface area (Å²) in [6.07, 6.45) is 1.72. The van der Waals surface area contributed by atoms with Crippen LogP contribution in [-0.2, 0) is 4.79 Å². The van der Waals surface area contributed by atoms with Crippen LogP contribution in [0.1, 0.15) is 24.3 Å². The van der Waals surface area contributed by atoms with Crippen LogP contribution >= 0.6 is 0 Å². The van der Waals surface area contributed by atoms with Crippen LogP contribution in [0.3, 0.4) is 0 Å². The molecule has 2 atom stereocenters. The Morgan fingerprint density at radius 2 is 2.13 bits per heavy atom. The molecule has 1 fully saturated rings. The maximum Gasteiger partial charge on any atom is 0.137 e. The molecule has 2 nitrogen and oxygen atoms in total. The van der Waals surface area contributed by atoms with Gasteiger partial charge in [0, 0.05) is 18.9 Å². The molecular formula is C13H17NO. The van der Waals surface area contributed by atoms with Crippen LogP contribution in [-0.4, -0.2) is 19.4 Å². The van der Waals surface area contributed by atoms with Crippen LogP contribution in [0.25, 0.3) is 0 Å². The van der Waals surface area contributed by atoms with E-state index in [9.17, 15) is 4.79 Å². The van der Waals surface area contributed by atoms with Crippen LogP contribution in [0.5, 0.6) is 0 Å². The summed E-state index contributed by atoms with van der Waals surface area (Å²) in [7, 11) is 1.88. The van der Waals surface area contributed by atoms with Gasteiger partial charge in [-0.2, -0.15) is 0 Å². The molecule has 0 saturated heterocycles. The van der Waals surface area contributed by atoms with Gasteiger partial charge in [0.05, 0.1) is 0 Å². The molecule has 0 heterocycles. The van der Waals surface area contributed by atoms with E-state index in [0.29, 0.717) is 24.0 Å². The maximum atomic E-state index is 11.7. The third kappa shape index (κ3) is 2.45. The molecule has 1 aromatic carbocycles. The first-order valence-corrected chi connectivity index (χ1v) is 5.55. The average Bonchev–Trinajstić information content (AvgIpc) is 3.07. The van der Waals surface area contributed by atoms with Crippen molar-refractivity contribution in [3.63, 3.8) is 0 Å². The van der Waals surface area contributed by atoms with Crippen LogP contribution in [0.4, 0.5) is 0 Å². The molecule has 1 N–H and O–H groups in total. The van der Waals surface area contributed by atoms with Crippen LogP contribution in [0.15, 0.2) is 30.3 Å². The van der Waals surface area contributed by atoms with Crippen LogP contribution in [0, 0.1) is 5.92 Å². The van der Waals surface area contributed by atoms with Crippen molar-refractivity contribution in [2.24, 2.45) is 5.92 Å². The standard InChI is InChI=1S/C13H17NO/c1-14-8-7-13(15)12-9-11(12)10-5-3-2-4-6-10/h2-6,11-12,14H,7-9H2,1H3. The van der Waals surface area contributed by atoms with Crippen molar-refractivity contribution >= 4 is 5.78 Å². The molecule has 2 heteroatoms. The van der Waals surface area contributed by atoms with Crippen molar-refractivity contribution in [2.45, 2.75) is 18.8 Å². The van der Waals surface area contributed by atoms with Crippen LogP contribution < -0.4 is 5.32 Å². The fraction of sp³-hybridized carbons (Fsp3) is 0.462. The Morgan fingerprint density at radius 1 is 1.40 bits per heavy atom. The van der Waals surface area contributed by atoms with Gasteiger partial charge in [-0.1, -0.05) is 30.3 Å². The monoisotopic (exact) mass is 203 g/mol. The highest BCUT2D eigenvalue weighted by Gasteiger charge is 2.42. The first kappa shape index (κ1) is 10.4. The van der Waals surface area contributed by atoms with E-state index in [1.54, 1.807) is 0 Å². The number of hydrogen-bond acceptors (Lipinski definition) is 2. The van der Waals surface area contributed by atoms with Gasteiger partial charge in [-0.25, -0.2) is 0 Å². The lowest BCUT2D eigenvalue weighted by molar-refractivity contribution is -0.120. The molecule has 15 heavy (non-hydrogen) atoms. The van der Waals surface area contributed by atoms with E-state index in [-0.39, 0.29) is 0 Å². The molecule has 0 spiro atoms. The number of ketones is 1. The highest BCUT2D eigenvalue weighted by Crippen LogP contribution is 2.48. The molecule has 80 valence electrons. The maximum absolute atomic E-state index is 11.7. The molecular weight excluding hydrogens is 186 g/mol. The fourth-order valence-corrected chi connectivity index (χ4v) is 2.05. The second kappa shape index (κ2) is 4.58. The van der Waals surface area contributed by atoms with Gasteiger partial charge in [-0.05, 0) is 24.9 Å². The molecule has 0 aliphatic heterocycles. The zero-order valence-electron chi connectivity index (χ0n) is 9.07. The number of nitrogens with one attached hydrogen (secondary N) is 1. The summed E-state index contributed by atoms with van der Waals surface area (Å²) in [5, 5.41) is 3.02. The number of hydrogen-bond donors (Lipinski definition) is 1. The molecule has 1 aromatic rings. The van der Waals surface area contributed by atoms with Gasteiger partial charge in [-0.15, -0.1) is 0 Å². The summed E-state index contributed by atoms with van der Waals surface area (Å²) >= 11 is 0. The topological polar surface area (TPSA) is 29.1 Å². The van der Waals surface area contributed by atoms with E-state index < -0.39 is 0 Å². The van der Waals surface area contributed by atoms with Gasteiger partial charge in [0.25, 0.3) is 0 Å². The van der Waals surface area contributed by atoms with Crippen LogP contribution in [0.2, 0.25) is 0 Å². The minimum atomic E-state index is 0.292. The second-order valence-electron chi connectivity index (χ2n) is 4.18. The van der Waals surface area contributed by atoms with Crippen molar-refractivity contribution in [1.82, 2.24) is 5.32 Å². The third-order valence-corrected chi connectivity index (χ3v) is 3.05. The predicted octanol–water partition coefficient (Wildman–Crippen LogP) is 1.97. The van der Waals surface area contributed by atoms with Gasteiger partial charge < -0.3 is 5.32 Å². The smallest absolute Gasteiger partial charge is 0.137 e. The number of carbonyl (C=O) groups is 1. The quantitative estimate of drug-likeness (QED) is 0.792. The molecule has 1 saturated carbocycles. The summed E-state index contributed by atoms with van der Waals surface area (Å²) in [6.45, 7) is 0.802. The first-order valence-electron chi connectivity index (χ1n) is 5.55. The Morgan fingerprint density at radius 3 is 2.80 bits per heavy atom. The molecule has 0 aromatic heterocycles. The summed E-state index contributed by atoms with van der Waals surface area (Å²) in [4.78, 5) is 11.7. The first-order chi connectivity index (χ1) is 7.33. The molecule has 1 aliphatic rings. The lowest BCUT2D eigenvalue weighted by atomic mass is 10.1. The Hall–Kier alpha value is -1.15. The van der Waals surface area contributed by atoms with E-state index in [4.69, 9.17) is 0 Å². The predicted molar refractivity (Wildman–Crippen MR) is 60.8 cm³/mol. The van der Waals surface area contributed by atoms with Gasteiger partial charge in [0.1, 0.15) is 5.78 Å². The molecule has 0 radical (unpaired) electrons. The highest BCUT2D eigenvalue weighted by molar-refractivity contribution is 5.85. The Balaban J connectivity index is 1.88. The minimum absolute atomic E-state index is 0.292. The van der Waals surface area contributed by atoms with Crippen molar-refractivity contribution in [2.75, 3.05) is 13.6 Å². The van der Waals surface area contributed by atoms with Crippen molar-refractivity contribution < 1.29 is 4.79 Å². The summed E-state index contributed by atoms with van der Waals surface area (Å²) < 4.78 is 0. The second-order valence-corrected chi connectivity index (χ2v) is 4.18. The molecule has 1 aliphatic carbocycles. The Bertz CT molecular complexity index is 334. The third-order valence-electron chi connectivity index (χ3n) is 3.05. The van der Waals surface area contributed by atoms with E-state index in [1.165, 1.54) is 5.56 Å². The summed E-state index contributed by atoms with van der Waals surface area (Å²) in [5.74, 6) is 1.20. The zero-order valence-corrected chi connectivity index (χ0v) is 9.07. The van der Waals surface area contributed by atoms with E-state index in [1.807, 2.05) is 25.2 Å². The molecule has 0 amide bonds. The number of benzene rings is 1. The number of Topliss-reactive ketones (excluding diaryl/α,β-unsaturated/α-hetero) is 1. The fourth-order valence-electron chi connectivity index (χ4n) is 2.05. The minimum Gasteiger partial charge on any atom is -0.319 e. The van der Waals surface area contributed by atoms with Crippen molar-refractivity contribution in [1.29, 1.82) is 0 Å². The molecule has 2 rings (SSSR count). The lowest BCUT2D eigenvalue weighted by Gasteiger charge is -2.00. The van der Waals surface area contributed by atoms with Crippen molar-refractivity contribution in [3.8, 4) is 0 Å². The van der Waals surface area contributed by atoms with Gasteiger partial charge >= 0.3 is 0 Å². The van der Waals surface area contributed by atoms with E-state index >= 15 is 0 Å². The number of carbonyl (C=O) groups excluding carboxylic acids is 1. The SMILES string of the molecule is CNCCC(=O)C1CC1c1ccccc1. The van der Waals surface area contributed by atoms with Gasteiger partial charge in [0.2, 0.25) is 0 Å². The van der Waals surface area contributed by atoms with Crippen molar-refractivity contribution in [3.05, 3.63) is 35.9 Å². The summed E-state index contributed by atoms with van der Waals surface area (Å²) in [5.41, 5.74) is 1.32. The molecule has 2 unspecified atom stereocenters. The largest absolute Gasteiger partial charge is 0.319 e. The van der Waals surface area contributed by atoms with Gasteiger partial charge in [0.15, 0.2) is 0 Å². The Kier molecular flexibility index (Phi) is 3.17. The molecule has 0 bridgehead atoms. The lowest BCUT2D eigenvalue weighted by Crippen LogP contribution is -2.14. The summed E-state index contributed by atoms with van der Waals surface area (Å²) in [6, 6.07) is 10.3. The zero-order chi connectivity index (χ0) is 10.7. The Labute approximate surface area is 90.7 Å². The number of rotatable bonds is 5. The van der Waals surface area contributed by atoms with Gasteiger partial charge in [-0.3, -0.25) is 4.79 Å². The normalized spacial score (nSPS) is 23.8.